The molecule has 0 unspecified atom stereocenters. The van der Waals surface area contributed by atoms with Crippen molar-refractivity contribution >= 4 is 27.5 Å². The second-order valence-electron chi connectivity index (χ2n) is 6.43. The van der Waals surface area contributed by atoms with Gasteiger partial charge in [0.1, 0.15) is 24.1 Å². The number of nitrogens with zero attached hydrogens (tertiary/aromatic N) is 4. The van der Waals surface area contributed by atoms with Crippen molar-refractivity contribution in [2.45, 2.75) is 11.1 Å². The van der Waals surface area contributed by atoms with Crippen LogP contribution in [0.5, 0.6) is 0 Å². The van der Waals surface area contributed by atoms with Gasteiger partial charge in [0.05, 0.1) is 22.5 Å². The highest BCUT2D eigenvalue weighted by Gasteiger charge is 2.42. The van der Waals surface area contributed by atoms with Crippen molar-refractivity contribution < 1.29 is 31.2 Å². The SMILES string of the molecule is O=C(CN1C(=O)c2ccccc2S1(=O)=O)Nc1cc(C(F)(F)F)ccc1-n1cncn1. The first kappa shape index (κ1) is 20.5. The number of hydrogen-bond donors (Lipinski definition) is 1. The van der Waals surface area contributed by atoms with E-state index in [-0.39, 0.29) is 21.8 Å². The van der Waals surface area contributed by atoms with Crippen LogP contribution in [0, 0.1) is 0 Å². The number of carbonyl (C=O) groups excluding carboxylic acids is 2. The van der Waals surface area contributed by atoms with Crippen LogP contribution >= 0.6 is 0 Å². The Morgan fingerprint density at radius 1 is 1.13 bits per heavy atom. The molecule has 31 heavy (non-hydrogen) atoms. The summed E-state index contributed by atoms with van der Waals surface area (Å²) in [7, 11) is -4.25. The number of anilines is 1. The van der Waals surface area contributed by atoms with Gasteiger partial charge in [0.2, 0.25) is 5.91 Å². The summed E-state index contributed by atoms with van der Waals surface area (Å²) in [5, 5.41) is 6.06. The van der Waals surface area contributed by atoms with Crippen LogP contribution in [0.25, 0.3) is 5.69 Å². The molecule has 1 aromatic heterocycles. The van der Waals surface area contributed by atoms with E-state index in [2.05, 4.69) is 15.4 Å². The molecule has 0 atom stereocenters. The van der Waals surface area contributed by atoms with E-state index in [9.17, 15) is 31.2 Å². The summed E-state index contributed by atoms with van der Waals surface area (Å²) < 4.78 is 66.0. The van der Waals surface area contributed by atoms with E-state index in [1.165, 1.54) is 30.6 Å². The predicted molar refractivity (Wildman–Crippen MR) is 99.7 cm³/mol. The molecule has 13 heteroatoms. The number of sulfonamides is 1. The van der Waals surface area contributed by atoms with E-state index in [1.54, 1.807) is 0 Å². The molecule has 0 aliphatic carbocycles. The third-order valence-electron chi connectivity index (χ3n) is 4.46. The molecule has 0 spiro atoms. The Labute approximate surface area is 173 Å². The molecule has 0 bridgehead atoms. The Bertz CT molecular complexity index is 1290. The summed E-state index contributed by atoms with van der Waals surface area (Å²) in [6.45, 7) is -0.914. The van der Waals surface area contributed by atoms with Gasteiger partial charge in [0, 0.05) is 0 Å². The van der Waals surface area contributed by atoms with Crippen molar-refractivity contribution in [1.29, 1.82) is 0 Å². The molecule has 4 rings (SSSR count). The average Bonchev–Trinajstić information content (AvgIpc) is 3.30. The second-order valence-corrected chi connectivity index (χ2v) is 8.26. The fourth-order valence-corrected chi connectivity index (χ4v) is 4.58. The Morgan fingerprint density at radius 3 is 2.52 bits per heavy atom. The Kier molecular flexibility index (Phi) is 4.76. The zero-order valence-electron chi connectivity index (χ0n) is 15.4. The molecule has 9 nitrogen and oxygen atoms in total. The molecule has 1 N–H and O–H groups in total. The summed E-state index contributed by atoms with van der Waals surface area (Å²) in [4.78, 5) is 28.4. The number of amides is 2. The highest BCUT2D eigenvalue weighted by Crippen LogP contribution is 2.34. The lowest BCUT2D eigenvalue weighted by Gasteiger charge is -2.17. The molecule has 2 heterocycles. The number of benzene rings is 2. The smallest absolute Gasteiger partial charge is 0.323 e. The summed E-state index contributed by atoms with van der Waals surface area (Å²) in [6.07, 6.45) is -2.32. The van der Waals surface area contributed by atoms with E-state index in [0.717, 1.165) is 23.1 Å². The lowest BCUT2D eigenvalue weighted by molar-refractivity contribution is -0.137. The second kappa shape index (κ2) is 7.19. The van der Waals surface area contributed by atoms with Crippen molar-refractivity contribution in [3.05, 3.63) is 66.2 Å². The molecule has 0 saturated carbocycles. The van der Waals surface area contributed by atoms with Crippen LogP contribution in [-0.4, -0.2) is 45.8 Å². The van der Waals surface area contributed by atoms with Crippen LogP contribution in [0.3, 0.4) is 0 Å². The standard InChI is InChI=1S/C18H12F3N5O4S/c19-18(20,21)11-5-6-14(25-10-22-9-23-25)13(7-11)24-16(27)8-26-17(28)12-3-1-2-4-15(12)31(26,29)30/h1-7,9-10H,8H2,(H,24,27). The van der Waals surface area contributed by atoms with Gasteiger partial charge in [0.25, 0.3) is 15.9 Å². The van der Waals surface area contributed by atoms with Gasteiger partial charge in [-0.3, -0.25) is 9.59 Å². The van der Waals surface area contributed by atoms with Gasteiger partial charge in [-0.2, -0.15) is 18.3 Å². The fourth-order valence-electron chi connectivity index (χ4n) is 3.05. The molecule has 2 aromatic carbocycles. The number of aromatic nitrogens is 3. The minimum Gasteiger partial charge on any atom is -0.323 e. The molecule has 2 amide bonds. The van der Waals surface area contributed by atoms with E-state index < -0.39 is 40.1 Å². The first-order chi connectivity index (χ1) is 14.6. The van der Waals surface area contributed by atoms with E-state index in [1.807, 2.05) is 0 Å². The topological polar surface area (TPSA) is 114 Å². The van der Waals surface area contributed by atoms with E-state index in [0.29, 0.717) is 10.4 Å². The quantitative estimate of drug-likeness (QED) is 0.650. The number of hydrogen-bond acceptors (Lipinski definition) is 6. The van der Waals surface area contributed by atoms with Gasteiger partial charge >= 0.3 is 6.18 Å². The number of alkyl halides is 3. The molecule has 1 aliphatic heterocycles. The summed E-state index contributed by atoms with van der Waals surface area (Å²) in [6, 6.07) is 8.02. The first-order valence-electron chi connectivity index (χ1n) is 8.61. The van der Waals surface area contributed by atoms with Crippen LogP contribution in [-0.2, 0) is 21.0 Å². The highest BCUT2D eigenvalue weighted by atomic mass is 32.2. The van der Waals surface area contributed by atoms with E-state index in [4.69, 9.17) is 0 Å². The van der Waals surface area contributed by atoms with Crippen LogP contribution in [0.2, 0.25) is 0 Å². The van der Waals surface area contributed by atoms with Gasteiger partial charge in [-0.25, -0.2) is 22.4 Å². The Hall–Kier alpha value is -3.74. The minimum absolute atomic E-state index is 0.0674. The molecular formula is C18H12F3N5O4S. The Morgan fingerprint density at radius 2 is 1.87 bits per heavy atom. The molecular weight excluding hydrogens is 439 g/mol. The molecule has 0 saturated heterocycles. The average molecular weight is 451 g/mol. The summed E-state index contributed by atoms with van der Waals surface area (Å²) >= 11 is 0. The van der Waals surface area contributed by atoms with Crippen molar-refractivity contribution in [2.75, 3.05) is 11.9 Å². The minimum atomic E-state index is -4.68. The summed E-state index contributed by atoms with van der Waals surface area (Å²) in [5.74, 6) is -1.91. The van der Waals surface area contributed by atoms with Crippen molar-refractivity contribution in [1.82, 2.24) is 19.1 Å². The van der Waals surface area contributed by atoms with E-state index >= 15 is 0 Å². The Balaban J connectivity index is 1.64. The largest absolute Gasteiger partial charge is 0.416 e. The molecule has 3 aromatic rings. The molecule has 160 valence electrons. The van der Waals surface area contributed by atoms with Crippen LogP contribution in [0.1, 0.15) is 15.9 Å². The molecule has 1 aliphatic rings. The first-order valence-corrected chi connectivity index (χ1v) is 10.1. The van der Waals surface area contributed by atoms with Gasteiger partial charge in [-0.05, 0) is 30.3 Å². The van der Waals surface area contributed by atoms with Gasteiger partial charge in [-0.15, -0.1) is 0 Å². The third-order valence-corrected chi connectivity index (χ3v) is 6.25. The molecule has 0 fully saturated rings. The zero-order chi connectivity index (χ0) is 22.4. The van der Waals surface area contributed by atoms with Crippen molar-refractivity contribution in [2.24, 2.45) is 0 Å². The number of fused-ring (bicyclic) bond motifs is 1. The van der Waals surface area contributed by atoms with Gasteiger partial charge in [0.15, 0.2) is 0 Å². The number of carbonyl (C=O) groups is 2. The summed E-state index contributed by atoms with van der Waals surface area (Å²) in [5.41, 5.74) is -1.34. The highest BCUT2D eigenvalue weighted by molar-refractivity contribution is 7.90. The van der Waals surface area contributed by atoms with Crippen molar-refractivity contribution in [3.8, 4) is 5.69 Å². The molecule has 0 radical (unpaired) electrons. The monoisotopic (exact) mass is 451 g/mol. The maximum atomic E-state index is 13.1. The maximum absolute atomic E-state index is 13.1. The van der Waals surface area contributed by atoms with Crippen LogP contribution in [0.15, 0.2) is 60.0 Å². The normalized spacial score (nSPS) is 15.1. The lowest BCUT2D eigenvalue weighted by Crippen LogP contribution is -2.37. The number of nitrogens with one attached hydrogen (secondary N) is 1. The maximum Gasteiger partial charge on any atom is 0.416 e. The third kappa shape index (κ3) is 3.63. The van der Waals surface area contributed by atoms with Crippen molar-refractivity contribution in [3.63, 3.8) is 0 Å². The zero-order valence-corrected chi connectivity index (χ0v) is 16.2. The number of halogens is 3. The van der Waals surface area contributed by atoms with Crippen LogP contribution < -0.4 is 5.32 Å². The van der Waals surface area contributed by atoms with Crippen LogP contribution in [0.4, 0.5) is 18.9 Å². The number of rotatable bonds is 4. The van der Waals surface area contributed by atoms with Gasteiger partial charge in [-0.1, -0.05) is 12.1 Å². The fraction of sp³-hybridized carbons (Fsp3) is 0.111. The van der Waals surface area contributed by atoms with Gasteiger partial charge < -0.3 is 5.32 Å². The predicted octanol–water partition coefficient (Wildman–Crippen LogP) is 2.07. The lowest BCUT2D eigenvalue weighted by atomic mass is 10.1.